The molecule has 0 radical (unpaired) electrons. The molecule has 9 heteroatoms. The minimum Gasteiger partial charge on any atom is -0.406 e. The van der Waals surface area contributed by atoms with Crippen LogP contribution in [-0.2, 0) is 6.42 Å². The van der Waals surface area contributed by atoms with E-state index in [1.54, 1.807) is 0 Å². The molecule has 6 nitrogen and oxygen atoms in total. The molecule has 3 N–H and O–H groups in total. The lowest BCUT2D eigenvalue weighted by atomic mass is 10.0. The smallest absolute Gasteiger partial charge is 0.406 e. The molecule has 2 heterocycles. The summed E-state index contributed by atoms with van der Waals surface area (Å²) in [6.07, 6.45) is -1.35. The Morgan fingerprint density at radius 2 is 1.79 bits per heavy atom. The quantitative estimate of drug-likeness (QED) is 0.655. The van der Waals surface area contributed by atoms with Crippen LogP contribution in [0.25, 0.3) is 0 Å². The Labute approximate surface area is 165 Å². The molecule has 29 heavy (non-hydrogen) atoms. The maximum atomic E-state index is 12.3. The molecule has 150 valence electrons. The summed E-state index contributed by atoms with van der Waals surface area (Å²) >= 11 is 0. The highest BCUT2D eigenvalue weighted by Gasteiger charge is 2.31. The molecule has 0 atom stereocenters. The molecule has 1 aromatic heterocycles. The molecule has 0 unspecified atom stereocenters. The largest absolute Gasteiger partial charge is 0.573 e. The molecule has 0 bridgehead atoms. The van der Waals surface area contributed by atoms with Crippen LogP contribution < -0.4 is 20.7 Å². The van der Waals surface area contributed by atoms with Crippen LogP contribution in [0, 0.1) is 0 Å². The van der Waals surface area contributed by atoms with Gasteiger partial charge >= 0.3 is 6.36 Å². The van der Waals surface area contributed by atoms with E-state index in [9.17, 15) is 13.2 Å². The number of nitrogens with one attached hydrogen (secondary N) is 1. The van der Waals surface area contributed by atoms with Gasteiger partial charge < -0.3 is 20.7 Å². The van der Waals surface area contributed by atoms with Crippen molar-refractivity contribution in [3.8, 4) is 5.75 Å². The van der Waals surface area contributed by atoms with Crippen molar-refractivity contribution in [3.05, 3.63) is 60.4 Å². The number of nitrogen functional groups attached to an aromatic ring is 1. The predicted molar refractivity (Wildman–Crippen MR) is 105 cm³/mol. The summed E-state index contributed by atoms with van der Waals surface area (Å²) < 4.78 is 40.8. The number of aryl methyl sites for hydroxylation is 1. The third-order valence-electron chi connectivity index (χ3n) is 4.58. The van der Waals surface area contributed by atoms with Gasteiger partial charge in [0.15, 0.2) is 11.6 Å². The lowest BCUT2D eigenvalue weighted by molar-refractivity contribution is -0.274. The van der Waals surface area contributed by atoms with E-state index >= 15 is 0 Å². The Morgan fingerprint density at radius 3 is 2.55 bits per heavy atom. The van der Waals surface area contributed by atoms with Crippen LogP contribution in [0.4, 0.5) is 41.9 Å². The molecule has 1 aliphatic rings. The topological polar surface area (TPSA) is 76.3 Å². The third-order valence-corrected chi connectivity index (χ3v) is 4.58. The van der Waals surface area contributed by atoms with Crippen LogP contribution in [0.15, 0.2) is 54.9 Å². The number of fused-ring (bicyclic) bond motifs is 1. The van der Waals surface area contributed by atoms with Crippen molar-refractivity contribution >= 4 is 28.7 Å². The Bertz CT molecular complexity index is 1010. The zero-order valence-electron chi connectivity index (χ0n) is 15.3. The van der Waals surface area contributed by atoms with Gasteiger partial charge in [-0.1, -0.05) is 18.2 Å². The van der Waals surface area contributed by atoms with Gasteiger partial charge in [0.1, 0.15) is 17.8 Å². The number of halogens is 3. The summed E-state index contributed by atoms with van der Waals surface area (Å²) in [4.78, 5) is 10.6. The molecule has 0 amide bonds. The second-order valence-electron chi connectivity index (χ2n) is 6.54. The summed E-state index contributed by atoms with van der Waals surface area (Å²) in [6.45, 7) is 0.779. The van der Waals surface area contributed by atoms with E-state index in [4.69, 9.17) is 5.73 Å². The van der Waals surface area contributed by atoms with E-state index in [0.717, 1.165) is 25.1 Å². The maximum Gasteiger partial charge on any atom is 0.573 e. The minimum absolute atomic E-state index is 0.302. The number of anilines is 5. The molecule has 1 aliphatic heterocycles. The van der Waals surface area contributed by atoms with Gasteiger partial charge in [0.25, 0.3) is 0 Å². The van der Waals surface area contributed by atoms with E-state index in [1.165, 1.54) is 36.2 Å². The van der Waals surface area contributed by atoms with Gasteiger partial charge in [0.05, 0.1) is 0 Å². The van der Waals surface area contributed by atoms with Crippen LogP contribution in [0.3, 0.4) is 0 Å². The second-order valence-corrected chi connectivity index (χ2v) is 6.54. The van der Waals surface area contributed by atoms with Crippen molar-refractivity contribution in [1.29, 1.82) is 0 Å². The number of aromatic nitrogens is 2. The summed E-state index contributed by atoms with van der Waals surface area (Å²) in [5.41, 5.74) is 9.50. The van der Waals surface area contributed by atoms with Gasteiger partial charge in [-0.15, -0.1) is 13.2 Å². The van der Waals surface area contributed by atoms with Crippen LogP contribution in [-0.4, -0.2) is 22.9 Å². The van der Waals surface area contributed by atoms with E-state index < -0.39 is 6.36 Å². The Balaban J connectivity index is 1.58. The fraction of sp³-hybridized carbons (Fsp3) is 0.200. The number of ether oxygens (including phenoxy) is 1. The van der Waals surface area contributed by atoms with Crippen molar-refractivity contribution in [3.63, 3.8) is 0 Å². The van der Waals surface area contributed by atoms with Crippen molar-refractivity contribution in [2.45, 2.75) is 19.2 Å². The van der Waals surface area contributed by atoms with Crippen molar-refractivity contribution in [2.75, 3.05) is 22.5 Å². The first-order chi connectivity index (χ1) is 13.9. The van der Waals surface area contributed by atoms with Gasteiger partial charge in [-0.25, -0.2) is 9.97 Å². The Hall–Kier alpha value is -3.49. The highest BCUT2D eigenvalue weighted by Crippen LogP contribution is 2.37. The average molecular weight is 401 g/mol. The molecule has 0 spiro atoms. The average Bonchev–Trinajstić information content (AvgIpc) is 2.70. The highest BCUT2D eigenvalue weighted by molar-refractivity contribution is 5.82. The molecular formula is C20H18F3N5O. The van der Waals surface area contributed by atoms with Gasteiger partial charge in [0, 0.05) is 17.9 Å². The van der Waals surface area contributed by atoms with Gasteiger partial charge in [-0.3, -0.25) is 0 Å². The first-order valence-corrected chi connectivity index (χ1v) is 8.99. The summed E-state index contributed by atoms with van der Waals surface area (Å²) in [7, 11) is 0. The van der Waals surface area contributed by atoms with Crippen LogP contribution >= 0.6 is 0 Å². The number of rotatable bonds is 4. The lowest BCUT2D eigenvalue weighted by Gasteiger charge is -2.31. The van der Waals surface area contributed by atoms with Crippen molar-refractivity contribution in [1.82, 2.24) is 9.97 Å². The van der Waals surface area contributed by atoms with Crippen molar-refractivity contribution in [2.24, 2.45) is 0 Å². The van der Waals surface area contributed by atoms with E-state index in [2.05, 4.69) is 31.0 Å². The van der Waals surface area contributed by atoms with Crippen LogP contribution in [0.5, 0.6) is 5.75 Å². The first-order valence-electron chi connectivity index (χ1n) is 8.99. The number of benzene rings is 2. The Kier molecular flexibility index (Phi) is 4.87. The lowest BCUT2D eigenvalue weighted by Crippen LogP contribution is -2.26. The molecule has 0 fully saturated rings. The summed E-state index contributed by atoms with van der Waals surface area (Å²) in [5, 5.41) is 3.03. The standard InChI is InChI=1S/C20H18F3N5O/c21-20(22,23)29-15-9-7-14(8-10-15)27-18-17(24)19(26-12-25-18)28-11-3-5-13-4-1-2-6-16(13)28/h1-2,4,6-10,12H,3,5,11,24H2,(H,25,26,27). The highest BCUT2D eigenvalue weighted by atomic mass is 19.4. The van der Waals surface area contributed by atoms with Gasteiger partial charge in [0.2, 0.25) is 0 Å². The van der Waals surface area contributed by atoms with E-state index in [0.29, 0.717) is 23.0 Å². The number of alkyl halides is 3. The number of hydrogen-bond acceptors (Lipinski definition) is 6. The van der Waals surface area contributed by atoms with E-state index in [1.807, 2.05) is 18.2 Å². The first kappa shape index (κ1) is 18.9. The van der Waals surface area contributed by atoms with Gasteiger partial charge in [-0.05, 0) is 48.7 Å². The van der Waals surface area contributed by atoms with Crippen LogP contribution in [0.2, 0.25) is 0 Å². The fourth-order valence-corrected chi connectivity index (χ4v) is 3.33. The molecule has 0 saturated carbocycles. The van der Waals surface area contributed by atoms with Crippen LogP contribution in [0.1, 0.15) is 12.0 Å². The third kappa shape index (κ3) is 4.18. The molecule has 4 rings (SSSR count). The number of para-hydroxylation sites is 1. The predicted octanol–water partition coefficient (Wildman–Crippen LogP) is 4.79. The second kappa shape index (κ2) is 7.50. The monoisotopic (exact) mass is 401 g/mol. The molecular weight excluding hydrogens is 383 g/mol. The molecule has 0 aliphatic carbocycles. The summed E-state index contributed by atoms with van der Waals surface area (Å²) in [6, 6.07) is 13.4. The SMILES string of the molecule is Nc1c(Nc2ccc(OC(F)(F)F)cc2)ncnc1N1CCCc2ccccc21. The van der Waals surface area contributed by atoms with E-state index in [-0.39, 0.29) is 5.75 Å². The Morgan fingerprint density at radius 1 is 1.03 bits per heavy atom. The molecule has 0 saturated heterocycles. The minimum atomic E-state index is -4.73. The van der Waals surface area contributed by atoms with Gasteiger partial charge in [-0.2, -0.15) is 0 Å². The maximum absolute atomic E-state index is 12.3. The zero-order valence-corrected chi connectivity index (χ0v) is 15.3. The number of nitrogens with two attached hydrogens (primary N) is 1. The molecule has 3 aromatic rings. The zero-order chi connectivity index (χ0) is 20.4. The number of hydrogen-bond donors (Lipinski definition) is 2. The molecule has 2 aromatic carbocycles. The van der Waals surface area contributed by atoms with Crippen molar-refractivity contribution < 1.29 is 17.9 Å². The number of nitrogens with zero attached hydrogens (tertiary/aromatic N) is 3. The summed E-state index contributed by atoms with van der Waals surface area (Å²) in [5.74, 6) is 0.665. The normalized spacial score (nSPS) is 13.7. The fourth-order valence-electron chi connectivity index (χ4n) is 3.33.